The molecule has 2 rings (SSSR count). The Hall–Kier alpha value is -2.38. The smallest absolute Gasteiger partial charge is 0.139 e. The lowest BCUT2D eigenvalue weighted by molar-refractivity contribution is 0.305. The average Bonchev–Trinajstić information content (AvgIpc) is 2.44. The van der Waals surface area contributed by atoms with Gasteiger partial charge in [-0.3, -0.25) is 9.97 Å². The first-order valence-corrected chi connectivity index (χ1v) is 5.45. The van der Waals surface area contributed by atoms with Gasteiger partial charge in [0.1, 0.15) is 19.0 Å². The second kappa shape index (κ2) is 6.38. The summed E-state index contributed by atoms with van der Waals surface area (Å²) in [5.41, 5.74) is 1.76. The molecule has 0 aliphatic rings. The van der Waals surface area contributed by atoms with Crippen molar-refractivity contribution < 1.29 is 9.84 Å². The van der Waals surface area contributed by atoms with Gasteiger partial charge in [0.05, 0.1) is 6.20 Å². The molecule has 2 heterocycles. The SMILES string of the molecule is OCC#Cc1cncc(OCc2ccncc2)c1. The highest BCUT2D eigenvalue weighted by molar-refractivity contribution is 5.36. The number of ether oxygens (including phenoxy) is 1. The van der Waals surface area contributed by atoms with Crippen LogP contribution in [0.15, 0.2) is 43.0 Å². The molecule has 0 aliphatic carbocycles. The van der Waals surface area contributed by atoms with Gasteiger partial charge in [0.2, 0.25) is 0 Å². The van der Waals surface area contributed by atoms with E-state index in [1.807, 2.05) is 12.1 Å². The fraction of sp³-hybridized carbons (Fsp3) is 0.143. The highest BCUT2D eigenvalue weighted by Gasteiger charge is 1.97. The van der Waals surface area contributed by atoms with Crippen molar-refractivity contribution in [3.63, 3.8) is 0 Å². The van der Waals surface area contributed by atoms with E-state index in [1.165, 1.54) is 0 Å². The minimum atomic E-state index is -0.165. The Kier molecular flexibility index (Phi) is 4.28. The molecule has 0 aromatic carbocycles. The quantitative estimate of drug-likeness (QED) is 0.824. The van der Waals surface area contributed by atoms with Crippen molar-refractivity contribution >= 4 is 0 Å². The molecule has 1 N–H and O–H groups in total. The van der Waals surface area contributed by atoms with E-state index >= 15 is 0 Å². The molecule has 0 fully saturated rings. The third kappa shape index (κ3) is 3.58. The molecule has 18 heavy (non-hydrogen) atoms. The number of hydrogen-bond acceptors (Lipinski definition) is 4. The summed E-state index contributed by atoms with van der Waals surface area (Å²) < 4.78 is 5.59. The molecule has 2 aromatic rings. The minimum absolute atomic E-state index is 0.165. The monoisotopic (exact) mass is 240 g/mol. The van der Waals surface area contributed by atoms with Crippen molar-refractivity contribution in [3.05, 3.63) is 54.1 Å². The Labute approximate surface area is 105 Å². The molecule has 2 aromatic heterocycles. The van der Waals surface area contributed by atoms with Gasteiger partial charge in [-0.05, 0) is 23.8 Å². The van der Waals surface area contributed by atoms with Gasteiger partial charge in [0.15, 0.2) is 0 Å². The lowest BCUT2D eigenvalue weighted by Crippen LogP contribution is -1.96. The lowest BCUT2D eigenvalue weighted by Gasteiger charge is -2.05. The summed E-state index contributed by atoms with van der Waals surface area (Å²) in [5.74, 6) is 6.00. The molecule has 0 spiro atoms. The summed E-state index contributed by atoms with van der Waals surface area (Å²) in [5, 5.41) is 8.62. The molecule has 0 radical (unpaired) electrons. The average molecular weight is 240 g/mol. The van der Waals surface area contributed by atoms with Crippen LogP contribution in [0.4, 0.5) is 0 Å². The number of aromatic nitrogens is 2. The van der Waals surface area contributed by atoms with Crippen LogP contribution < -0.4 is 4.74 Å². The predicted octanol–water partition coefficient (Wildman–Crippen LogP) is 1.40. The number of aliphatic hydroxyl groups excluding tert-OH is 1. The Bertz CT molecular complexity index is 559. The molecule has 0 aliphatic heterocycles. The van der Waals surface area contributed by atoms with E-state index in [4.69, 9.17) is 9.84 Å². The van der Waals surface area contributed by atoms with E-state index < -0.39 is 0 Å². The summed E-state index contributed by atoms with van der Waals surface area (Å²) >= 11 is 0. The van der Waals surface area contributed by atoms with Crippen LogP contribution in [0, 0.1) is 11.8 Å². The first-order chi connectivity index (χ1) is 8.88. The van der Waals surface area contributed by atoms with Crippen LogP contribution in [0.1, 0.15) is 11.1 Å². The van der Waals surface area contributed by atoms with E-state index in [0.29, 0.717) is 12.4 Å². The summed E-state index contributed by atoms with van der Waals surface area (Å²) in [6, 6.07) is 5.57. The molecular formula is C14H12N2O2. The maximum Gasteiger partial charge on any atom is 0.139 e. The Morgan fingerprint density at radius 1 is 1.17 bits per heavy atom. The van der Waals surface area contributed by atoms with Gasteiger partial charge >= 0.3 is 0 Å². The summed E-state index contributed by atoms with van der Waals surface area (Å²) in [4.78, 5) is 7.97. The van der Waals surface area contributed by atoms with Crippen LogP contribution in [0.2, 0.25) is 0 Å². The molecule has 4 nitrogen and oxygen atoms in total. The zero-order valence-corrected chi connectivity index (χ0v) is 9.71. The van der Waals surface area contributed by atoms with Crippen molar-refractivity contribution in [2.24, 2.45) is 0 Å². The van der Waals surface area contributed by atoms with Gasteiger partial charge in [0, 0.05) is 24.2 Å². The Morgan fingerprint density at radius 3 is 2.78 bits per heavy atom. The maximum atomic E-state index is 8.62. The minimum Gasteiger partial charge on any atom is -0.487 e. The fourth-order valence-electron chi connectivity index (χ4n) is 1.35. The number of pyridine rings is 2. The van der Waals surface area contributed by atoms with Gasteiger partial charge in [-0.2, -0.15) is 0 Å². The van der Waals surface area contributed by atoms with Crippen LogP contribution in [0.25, 0.3) is 0 Å². The van der Waals surface area contributed by atoms with E-state index in [0.717, 1.165) is 11.1 Å². The molecule has 0 saturated carbocycles. The second-order valence-electron chi connectivity index (χ2n) is 3.51. The molecule has 0 bridgehead atoms. The summed E-state index contributed by atoms with van der Waals surface area (Å²) in [6.07, 6.45) is 6.70. The van der Waals surface area contributed by atoms with Crippen LogP contribution >= 0.6 is 0 Å². The van der Waals surface area contributed by atoms with Crippen LogP contribution in [0.5, 0.6) is 5.75 Å². The van der Waals surface area contributed by atoms with Crippen molar-refractivity contribution in [1.82, 2.24) is 9.97 Å². The zero-order valence-electron chi connectivity index (χ0n) is 9.71. The van der Waals surface area contributed by atoms with E-state index in [1.54, 1.807) is 30.9 Å². The first-order valence-electron chi connectivity index (χ1n) is 5.45. The maximum absolute atomic E-state index is 8.62. The van der Waals surface area contributed by atoms with Crippen molar-refractivity contribution in [2.45, 2.75) is 6.61 Å². The number of rotatable bonds is 3. The number of aliphatic hydroxyl groups is 1. The van der Waals surface area contributed by atoms with Gasteiger partial charge in [-0.1, -0.05) is 11.8 Å². The molecule has 0 atom stereocenters. The molecule has 0 unspecified atom stereocenters. The molecule has 4 heteroatoms. The molecular weight excluding hydrogens is 228 g/mol. The third-order valence-electron chi connectivity index (χ3n) is 2.18. The zero-order chi connectivity index (χ0) is 12.6. The highest BCUT2D eigenvalue weighted by atomic mass is 16.5. The largest absolute Gasteiger partial charge is 0.487 e. The molecule has 0 amide bonds. The van der Waals surface area contributed by atoms with E-state index in [2.05, 4.69) is 21.8 Å². The van der Waals surface area contributed by atoms with Gasteiger partial charge < -0.3 is 9.84 Å². The first kappa shape index (κ1) is 12.1. The number of nitrogens with zero attached hydrogens (tertiary/aromatic N) is 2. The standard InChI is InChI=1S/C14H12N2O2/c17-7-1-2-13-8-14(10-16-9-13)18-11-12-3-5-15-6-4-12/h3-6,8-10,17H,7,11H2. The molecule has 0 saturated heterocycles. The second-order valence-corrected chi connectivity index (χ2v) is 3.51. The lowest BCUT2D eigenvalue weighted by atomic mass is 10.2. The summed E-state index contributed by atoms with van der Waals surface area (Å²) in [6.45, 7) is 0.295. The predicted molar refractivity (Wildman–Crippen MR) is 66.8 cm³/mol. The van der Waals surface area contributed by atoms with Gasteiger partial charge in [0.25, 0.3) is 0 Å². The normalized spacial score (nSPS) is 9.39. The Morgan fingerprint density at radius 2 is 2.00 bits per heavy atom. The van der Waals surface area contributed by atoms with Crippen LogP contribution in [0.3, 0.4) is 0 Å². The fourth-order valence-corrected chi connectivity index (χ4v) is 1.35. The number of hydrogen-bond donors (Lipinski definition) is 1. The Balaban J connectivity index is 2.01. The van der Waals surface area contributed by atoms with E-state index in [9.17, 15) is 0 Å². The van der Waals surface area contributed by atoms with Crippen molar-refractivity contribution in [1.29, 1.82) is 0 Å². The third-order valence-corrected chi connectivity index (χ3v) is 2.18. The van der Waals surface area contributed by atoms with Crippen LogP contribution in [-0.4, -0.2) is 21.7 Å². The van der Waals surface area contributed by atoms with Gasteiger partial charge in [-0.15, -0.1) is 0 Å². The molecule has 90 valence electrons. The topological polar surface area (TPSA) is 55.2 Å². The van der Waals surface area contributed by atoms with Crippen LogP contribution in [-0.2, 0) is 6.61 Å². The van der Waals surface area contributed by atoms with E-state index in [-0.39, 0.29) is 6.61 Å². The highest BCUT2D eigenvalue weighted by Crippen LogP contribution is 2.12. The van der Waals surface area contributed by atoms with Crippen molar-refractivity contribution in [2.75, 3.05) is 6.61 Å². The van der Waals surface area contributed by atoms with Gasteiger partial charge in [-0.25, -0.2) is 0 Å². The van der Waals surface area contributed by atoms with Crippen molar-refractivity contribution in [3.8, 4) is 17.6 Å². The summed E-state index contributed by atoms with van der Waals surface area (Å²) in [7, 11) is 0.